The summed E-state index contributed by atoms with van der Waals surface area (Å²) in [6.45, 7) is 0.272. The lowest BCUT2D eigenvalue weighted by atomic mass is 10.0. The number of hydrogen-bond acceptors (Lipinski definition) is 5. The molecule has 1 aromatic carbocycles. The highest BCUT2D eigenvalue weighted by Gasteiger charge is 2.31. The number of piperidine rings is 1. The van der Waals surface area contributed by atoms with Crippen LogP contribution in [0.4, 0.5) is 10.1 Å². The number of nitro groups is 1. The van der Waals surface area contributed by atoms with Crippen molar-refractivity contribution in [3.63, 3.8) is 0 Å². The van der Waals surface area contributed by atoms with Gasteiger partial charge in [-0.1, -0.05) is 0 Å². The molecule has 1 aromatic rings. The van der Waals surface area contributed by atoms with E-state index in [2.05, 4.69) is 6.07 Å². The van der Waals surface area contributed by atoms with Gasteiger partial charge in [-0.3, -0.25) is 10.1 Å². The number of sulfonamides is 1. The molecule has 0 radical (unpaired) electrons. The van der Waals surface area contributed by atoms with Crippen LogP contribution in [0.5, 0.6) is 0 Å². The maximum atomic E-state index is 13.8. The van der Waals surface area contributed by atoms with Crippen LogP contribution in [0.15, 0.2) is 23.1 Å². The molecule has 0 spiro atoms. The molecule has 1 heterocycles. The molecule has 21 heavy (non-hydrogen) atoms. The highest BCUT2D eigenvalue weighted by molar-refractivity contribution is 7.89. The number of hydrogen-bond donors (Lipinski definition) is 0. The lowest BCUT2D eigenvalue weighted by Crippen LogP contribution is -2.38. The van der Waals surface area contributed by atoms with E-state index in [1.165, 1.54) is 0 Å². The Bertz CT molecular complexity index is 706. The van der Waals surface area contributed by atoms with Crippen LogP contribution in [0, 0.1) is 33.2 Å². The predicted molar refractivity (Wildman–Crippen MR) is 70.2 cm³/mol. The summed E-state index contributed by atoms with van der Waals surface area (Å²) >= 11 is 0. The van der Waals surface area contributed by atoms with Crippen molar-refractivity contribution < 1.29 is 17.7 Å². The zero-order valence-corrected chi connectivity index (χ0v) is 11.7. The average Bonchev–Trinajstić information content (AvgIpc) is 2.46. The first-order valence-electron chi connectivity index (χ1n) is 6.20. The number of halogens is 1. The third-order valence-electron chi connectivity index (χ3n) is 3.38. The molecule has 1 fully saturated rings. The van der Waals surface area contributed by atoms with Crippen LogP contribution in [-0.4, -0.2) is 30.7 Å². The minimum absolute atomic E-state index is 0.136. The van der Waals surface area contributed by atoms with Crippen molar-refractivity contribution in [1.29, 1.82) is 5.26 Å². The highest BCUT2D eigenvalue weighted by atomic mass is 32.2. The van der Waals surface area contributed by atoms with E-state index in [0.29, 0.717) is 18.9 Å². The third kappa shape index (κ3) is 3.01. The van der Waals surface area contributed by atoms with Crippen LogP contribution in [0.25, 0.3) is 0 Å². The Morgan fingerprint density at radius 2 is 2.00 bits per heavy atom. The summed E-state index contributed by atoms with van der Waals surface area (Å²) in [7, 11) is -4.04. The number of non-ortho nitro benzene ring substituents is 1. The van der Waals surface area contributed by atoms with E-state index in [0.717, 1.165) is 16.4 Å². The predicted octanol–water partition coefficient (Wildman–Crippen LogP) is 1.66. The zero-order chi connectivity index (χ0) is 15.6. The van der Waals surface area contributed by atoms with Crippen molar-refractivity contribution in [3.05, 3.63) is 34.1 Å². The molecule has 1 aliphatic heterocycles. The van der Waals surface area contributed by atoms with Gasteiger partial charge in [0.25, 0.3) is 5.69 Å². The minimum Gasteiger partial charge on any atom is -0.258 e. The molecule has 1 aliphatic rings. The molecule has 0 unspecified atom stereocenters. The summed E-state index contributed by atoms with van der Waals surface area (Å²) in [5.41, 5.74) is -0.505. The second-order valence-corrected chi connectivity index (χ2v) is 6.59. The van der Waals surface area contributed by atoms with E-state index in [1.807, 2.05) is 0 Å². The molecule has 0 atom stereocenters. The Labute approximate surface area is 120 Å². The molecular weight excluding hydrogens is 301 g/mol. The van der Waals surface area contributed by atoms with Gasteiger partial charge in [0.15, 0.2) is 0 Å². The molecule has 0 bridgehead atoms. The van der Waals surface area contributed by atoms with Crippen LogP contribution in [0.1, 0.15) is 12.8 Å². The van der Waals surface area contributed by atoms with Crippen molar-refractivity contribution in [1.82, 2.24) is 4.31 Å². The SMILES string of the molecule is N#CC1CCN(S(=O)(=O)c2ccc([N+](=O)[O-])cc2F)CC1. The van der Waals surface area contributed by atoms with Crippen LogP contribution in [-0.2, 0) is 10.0 Å². The lowest BCUT2D eigenvalue weighted by molar-refractivity contribution is -0.385. The summed E-state index contributed by atoms with van der Waals surface area (Å²) in [4.78, 5) is 9.16. The monoisotopic (exact) mass is 313 g/mol. The first kappa shape index (κ1) is 15.3. The molecule has 0 aliphatic carbocycles. The van der Waals surface area contributed by atoms with E-state index >= 15 is 0 Å². The zero-order valence-electron chi connectivity index (χ0n) is 10.9. The van der Waals surface area contributed by atoms with Gasteiger partial charge in [0.2, 0.25) is 10.0 Å². The van der Waals surface area contributed by atoms with Gasteiger partial charge in [-0.15, -0.1) is 0 Å². The summed E-state index contributed by atoms with van der Waals surface area (Å²) in [6, 6.07) is 4.53. The number of nitro benzene ring substituents is 1. The van der Waals surface area contributed by atoms with Gasteiger partial charge in [-0.2, -0.15) is 9.57 Å². The fraction of sp³-hybridized carbons (Fsp3) is 0.417. The van der Waals surface area contributed by atoms with E-state index < -0.39 is 31.3 Å². The van der Waals surface area contributed by atoms with Crippen LogP contribution in [0.2, 0.25) is 0 Å². The smallest absolute Gasteiger partial charge is 0.258 e. The van der Waals surface area contributed by atoms with E-state index in [-0.39, 0.29) is 19.0 Å². The maximum Gasteiger partial charge on any atom is 0.272 e. The Morgan fingerprint density at radius 3 is 2.48 bits per heavy atom. The average molecular weight is 313 g/mol. The molecule has 2 rings (SSSR count). The van der Waals surface area contributed by atoms with Gasteiger partial charge in [-0.25, -0.2) is 12.8 Å². The molecule has 7 nitrogen and oxygen atoms in total. The highest BCUT2D eigenvalue weighted by Crippen LogP contribution is 2.27. The van der Waals surface area contributed by atoms with Gasteiger partial charge in [0, 0.05) is 25.1 Å². The first-order chi connectivity index (χ1) is 9.86. The van der Waals surface area contributed by atoms with Gasteiger partial charge >= 0.3 is 0 Å². The summed E-state index contributed by atoms with van der Waals surface area (Å²) in [5, 5.41) is 19.3. The Hall–Kier alpha value is -2.05. The maximum absolute atomic E-state index is 13.8. The molecule has 112 valence electrons. The molecule has 0 aromatic heterocycles. The van der Waals surface area contributed by atoms with E-state index in [1.54, 1.807) is 0 Å². The standard InChI is InChI=1S/C12H12FN3O4S/c13-11-7-10(16(17)18)1-2-12(11)21(19,20)15-5-3-9(8-14)4-6-15/h1-2,7,9H,3-6H2. The fourth-order valence-corrected chi connectivity index (χ4v) is 3.69. The lowest BCUT2D eigenvalue weighted by Gasteiger charge is -2.28. The number of nitrogens with zero attached hydrogens (tertiary/aromatic N) is 3. The van der Waals surface area contributed by atoms with Crippen molar-refractivity contribution in [2.75, 3.05) is 13.1 Å². The largest absolute Gasteiger partial charge is 0.272 e. The molecule has 0 saturated carbocycles. The van der Waals surface area contributed by atoms with Gasteiger partial charge < -0.3 is 0 Å². The molecular formula is C12H12FN3O4S. The van der Waals surface area contributed by atoms with Gasteiger partial charge in [-0.05, 0) is 18.9 Å². The van der Waals surface area contributed by atoms with Crippen molar-refractivity contribution >= 4 is 15.7 Å². The van der Waals surface area contributed by atoms with Crippen LogP contribution >= 0.6 is 0 Å². The Kier molecular flexibility index (Phi) is 4.20. The quantitative estimate of drug-likeness (QED) is 0.623. The second kappa shape index (κ2) is 5.75. The summed E-state index contributed by atoms with van der Waals surface area (Å²) in [5.74, 6) is -1.34. The van der Waals surface area contributed by atoms with Gasteiger partial charge in [0.05, 0.1) is 17.1 Å². The third-order valence-corrected chi connectivity index (χ3v) is 5.31. The van der Waals surface area contributed by atoms with Crippen molar-refractivity contribution in [3.8, 4) is 6.07 Å². The first-order valence-corrected chi connectivity index (χ1v) is 7.64. The fourth-order valence-electron chi connectivity index (χ4n) is 2.18. The van der Waals surface area contributed by atoms with Crippen LogP contribution in [0.3, 0.4) is 0 Å². The summed E-state index contributed by atoms with van der Waals surface area (Å²) in [6.07, 6.45) is 0.786. The normalized spacial score (nSPS) is 17.3. The number of rotatable bonds is 3. The molecule has 1 saturated heterocycles. The Balaban J connectivity index is 2.29. The molecule has 0 N–H and O–H groups in total. The topological polar surface area (TPSA) is 104 Å². The Morgan fingerprint density at radius 1 is 1.38 bits per heavy atom. The summed E-state index contributed by atoms with van der Waals surface area (Å²) < 4.78 is 39.6. The van der Waals surface area contributed by atoms with Crippen molar-refractivity contribution in [2.45, 2.75) is 17.7 Å². The number of nitriles is 1. The van der Waals surface area contributed by atoms with Crippen molar-refractivity contribution in [2.24, 2.45) is 5.92 Å². The number of benzene rings is 1. The van der Waals surface area contributed by atoms with E-state index in [9.17, 15) is 22.9 Å². The van der Waals surface area contributed by atoms with Crippen LogP contribution < -0.4 is 0 Å². The molecule has 9 heteroatoms. The van der Waals surface area contributed by atoms with Gasteiger partial charge in [0.1, 0.15) is 10.7 Å². The minimum atomic E-state index is -4.04. The van der Waals surface area contributed by atoms with E-state index in [4.69, 9.17) is 5.26 Å². The second-order valence-electron chi connectivity index (χ2n) is 4.68. The molecule has 0 amide bonds.